The summed E-state index contributed by atoms with van der Waals surface area (Å²) in [7, 11) is 0. The Labute approximate surface area is 136 Å². The molecule has 5 heteroatoms. The zero-order valence-electron chi connectivity index (χ0n) is 10.9. The van der Waals surface area contributed by atoms with E-state index in [1.807, 2.05) is 30.3 Å². The first-order valence-electron chi connectivity index (χ1n) is 6.32. The van der Waals surface area contributed by atoms with Crippen LogP contribution in [0, 0.1) is 0 Å². The zero-order chi connectivity index (χ0) is 14.7. The van der Waals surface area contributed by atoms with Gasteiger partial charge in [-0.2, -0.15) is 0 Å². The average molecular weight is 361 g/mol. The van der Waals surface area contributed by atoms with E-state index in [1.165, 1.54) is 17.5 Å². The van der Waals surface area contributed by atoms with Crippen molar-refractivity contribution in [3.8, 4) is 11.1 Å². The number of halogens is 2. The summed E-state index contributed by atoms with van der Waals surface area (Å²) < 4.78 is 0.652. The molecule has 0 saturated carbocycles. The fraction of sp³-hybridized carbons (Fsp3) is 0. The Balaban J connectivity index is 1.83. The van der Waals surface area contributed by atoms with Crippen LogP contribution >= 0.6 is 27.5 Å². The second-order valence-corrected chi connectivity index (χ2v) is 5.55. The first-order chi connectivity index (χ1) is 10.2. The van der Waals surface area contributed by atoms with Crippen LogP contribution in [0.15, 0.2) is 65.4 Å². The number of hydrogen-bond acceptors (Lipinski definition) is 3. The second kappa shape index (κ2) is 6.24. The molecule has 21 heavy (non-hydrogen) atoms. The quantitative estimate of drug-likeness (QED) is 0.644. The van der Waals surface area contributed by atoms with E-state index in [9.17, 15) is 0 Å². The van der Waals surface area contributed by atoms with E-state index in [1.54, 1.807) is 0 Å². The highest BCUT2D eigenvalue weighted by Gasteiger charge is 2.06. The summed E-state index contributed by atoms with van der Waals surface area (Å²) in [5.74, 6) is 0.641. The molecule has 0 saturated heterocycles. The smallest absolute Gasteiger partial charge is 0.149 e. The largest absolute Gasteiger partial charge is 0.339 e. The van der Waals surface area contributed by atoms with Crippen molar-refractivity contribution in [2.24, 2.45) is 0 Å². The predicted octanol–water partition coefficient (Wildman–Crippen LogP) is 5.30. The summed E-state index contributed by atoms with van der Waals surface area (Å²) in [6, 6.07) is 18.4. The van der Waals surface area contributed by atoms with E-state index in [4.69, 9.17) is 11.6 Å². The van der Waals surface area contributed by atoms with Gasteiger partial charge in [0, 0.05) is 5.69 Å². The molecule has 0 amide bonds. The van der Waals surface area contributed by atoms with Gasteiger partial charge in [0.05, 0.1) is 4.47 Å². The minimum Gasteiger partial charge on any atom is -0.339 e. The molecule has 0 aliphatic heterocycles. The number of benzene rings is 2. The monoisotopic (exact) mass is 359 g/mol. The number of anilines is 2. The van der Waals surface area contributed by atoms with E-state index >= 15 is 0 Å². The summed E-state index contributed by atoms with van der Waals surface area (Å²) in [6.07, 6.45) is 1.42. The summed E-state index contributed by atoms with van der Waals surface area (Å²) in [5, 5.41) is 3.59. The van der Waals surface area contributed by atoms with Crippen LogP contribution in [0.25, 0.3) is 11.1 Å². The molecule has 1 aromatic heterocycles. The van der Waals surface area contributed by atoms with Crippen molar-refractivity contribution in [1.82, 2.24) is 9.97 Å². The lowest BCUT2D eigenvalue weighted by molar-refractivity contribution is 1.15. The Morgan fingerprint density at radius 3 is 2.24 bits per heavy atom. The third kappa shape index (κ3) is 3.23. The highest BCUT2D eigenvalue weighted by atomic mass is 79.9. The molecule has 1 N–H and O–H groups in total. The Kier molecular flexibility index (Phi) is 4.18. The minimum atomic E-state index is 0.383. The molecule has 2 aromatic carbocycles. The van der Waals surface area contributed by atoms with Crippen LogP contribution in [0.4, 0.5) is 11.5 Å². The molecule has 104 valence electrons. The minimum absolute atomic E-state index is 0.383. The van der Waals surface area contributed by atoms with Gasteiger partial charge in [0.1, 0.15) is 17.3 Å². The molecule has 0 bridgehead atoms. The van der Waals surface area contributed by atoms with Crippen molar-refractivity contribution in [1.29, 1.82) is 0 Å². The van der Waals surface area contributed by atoms with Crippen LogP contribution in [0.3, 0.4) is 0 Å². The fourth-order valence-corrected chi connectivity index (χ4v) is 2.39. The van der Waals surface area contributed by atoms with E-state index in [0.29, 0.717) is 15.4 Å². The van der Waals surface area contributed by atoms with Crippen molar-refractivity contribution in [2.75, 3.05) is 5.32 Å². The summed E-state index contributed by atoms with van der Waals surface area (Å²) >= 11 is 9.32. The Morgan fingerprint density at radius 1 is 0.857 bits per heavy atom. The van der Waals surface area contributed by atoms with Gasteiger partial charge >= 0.3 is 0 Å². The lowest BCUT2D eigenvalue weighted by Crippen LogP contribution is -1.96. The summed E-state index contributed by atoms with van der Waals surface area (Å²) in [4.78, 5) is 8.06. The molecule has 1 heterocycles. The molecule has 0 aliphatic rings. The van der Waals surface area contributed by atoms with E-state index in [2.05, 4.69) is 55.5 Å². The molecule has 0 unspecified atom stereocenters. The molecular formula is C16H11BrClN3. The highest BCUT2D eigenvalue weighted by Crippen LogP contribution is 2.29. The Hall–Kier alpha value is -1.91. The van der Waals surface area contributed by atoms with Crippen LogP contribution in [-0.2, 0) is 0 Å². The van der Waals surface area contributed by atoms with E-state index in [0.717, 1.165) is 5.69 Å². The topological polar surface area (TPSA) is 37.8 Å². The first-order valence-corrected chi connectivity index (χ1v) is 7.49. The van der Waals surface area contributed by atoms with E-state index in [-0.39, 0.29) is 0 Å². The summed E-state index contributed by atoms with van der Waals surface area (Å²) in [5.41, 5.74) is 3.29. The lowest BCUT2D eigenvalue weighted by atomic mass is 10.1. The van der Waals surface area contributed by atoms with Gasteiger partial charge in [-0.15, -0.1) is 0 Å². The van der Waals surface area contributed by atoms with Crippen LogP contribution in [0.5, 0.6) is 0 Å². The van der Waals surface area contributed by atoms with Gasteiger partial charge in [-0.25, -0.2) is 9.97 Å². The number of nitrogens with zero attached hydrogens (tertiary/aromatic N) is 2. The SMILES string of the molecule is Clc1ncnc(Nc2ccc(-c3ccccc3)cc2)c1Br. The maximum Gasteiger partial charge on any atom is 0.149 e. The van der Waals surface area contributed by atoms with Crippen molar-refractivity contribution < 1.29 is 0 Å². The molecule has 0 fully saturated rings. The molecule has 0 spiro atoms. The van der Waals surface area contributed by atoms with Crippen LogP contribution in [-0.4, -0.2) is 9.97 Å². The van der Waals surface area contributed by atoms with Crippen LogP contribution < -0.4 is 5.32 Å². The molecule has 3 aromatic rings. The molecule has 3 rings (SSSR count). The fourth-order valence-electron chi connectivity index (χ4n) is 1.95. The van der Waals surface area contributed by atoms with Crippen molar-refractivity contribution in [2.45, 2.75) is 0 Å². The normalized spacial score (nSPS) is 10.4. The van der Waals surface area contributed by atoms with Crippen molar-refractivity contribution in [3.63, 3.8) is 0 Å². The summed E-state index contributed by atoms with van der Waals surface area (Å²) in [6.45, 7) is 0. The standard InChI is InChI=1S/C16H11BrClN3/c17-14-15(18)19-10-20-16(14)21-13-8-6-12(7-9-13)11-4-2-1-3-5-11/h1-10H,(H,19,20,21). The molecule has 0 radical (unpaired) electrons. The van der Waals surface area contributed by atoms with Gasteiger partial charge in [-0.3, -0.25) is 0 Å². The van der Waals surface area contributed by atoms with Gasteiger partial charge in [0.25, 0.3) is 0 Å². The molecule has 3 nitrogen and oxygen atoms in total. The van der Waals surface area contributed by atoms with Crippen molar-refractivity contribution >= 4 is 39.0 Å². The van der Waals surface area contributed by atoms with Gasteiger partial charge < -0.3 is 5.32 Å². The predicted molar refractivity (Wildman–Crippen MR) is 89.9 cm³/mol. The van der Waals surface area contributed by atoms with E-state index < -0.39 is 0 Å². The van der Waals surface area contributed by atoms with Crippen LogP contribution in [0.2, 0.25) is 5.15 Å². The lowest BCUT2D eigenvalue weighted by Gasteiger charge is -2.09. The Bertz CT molecular complexity index is 745. The van der Waals surface area contributed by atoms with Crippen molar-refractivity contribution in [3.05, 3.63) is 70.6 Å². The first kappa shape index (κ1) is 14.0. The third-order valence-electron chi connectivity index (χ3n) is 3.00. The number of aromatic nitrogens is 2. The van der Waals surface area contributed by atoms with Gasteiger partial charge in [0.2, 0.25) is 0 Å². The number of rotatable bonds is 3. The molecule has 0 aliphatic carbocycles. The molecular weight excluding hydrogens is 350 g/mol. The average Bonchev–Trinajstić information content (AvgIpc) is 2.53. The second-order valence-electron chi connectivity index (χ2n) is 4.40. The van der Waals surface area contributed by atoms with Crippen LogP contribution in [0.1, 0.15) is 0 Å². The molecule has 0 atom stereocenters. The maximum absolute atomic E-state index is 5.95. The Morgan fingerprint density at radius 2 is 1.52 bits per heavy atom. The maximum atomic E-state index is 5.95. The van der Waals surface area contributed by atoms with Gasteiger partial charge in [0.15, 0.2) is 0 Å². The highest BCUT2D eigenvalue weighted by molar-refractivity contribution is 9.10. The van der Waals surface area contributed by atoms with Gasteiger partial charge in [-0.05, 0) is 39.2 Å². The number of hydrogen-bond donors (Lipinski definition) is 1. The zero-order valence-corrected chi connectivity index (χ0v) is 13.3. The van der Waals surface area contributed by atoms with Gasteiger partial charge in [-0.1, -0.05) is 54.1 Å². The number of nitrogens with one attached hydrogen (secondary N) is 1. The third-order valence-corrected chi connectivity index (χ3v) is 4.27.